The van der Waals surface area contributed by atoms with E-state index in [4.69, 9.17) is 4.74 Å². The van der Waals surface area contributed by atoms with Crippen molar-refractivity contribution in [3.63, 3.8) is 0 Å². The van der Waals surface area contributed by atoms with Gasteiger partial charge in [0.05, 0.1) is 12.1 Å². The summed E-state index contributed by atoms with van der Waals surface area (Å²) in [6.07, 6.45) is 5.14. The van der Waals surface area contributed by atoms with Gasteiger partial charge >= 0.3 is 5.69 Å². The third-order valence-corrected chi connectivity index (χ3v) is 6.49. The van der Waals surface area contributed by atoms with Crippen molar-refractivity contribution in [1.29, 1.82) is 0 Å². The van der Waals surface area contributed by atoms with E-state index in [0.717, 1.165) is 13.0 Å². The highest BCUT2D eigenvalue weighted by Crippen LogP contribution is 2.31. The third kappa shape index (κ3) is 4.04. The predicted molar refractivity (Wildman–Crippen MR) is 130 cm³/mol. The number of nitrogens with zero attached hydrogens (tertiary/aromatic N) is 6. The molecule has 9 heteroatoms. The van der Waals surface area contributed by atoms with E-state index in [1.54, 1.807) is 36.0 Å². The number of imidazole rings is 1. The van der Waals surface area contributed by atoms with Crippen LogP contribution in [0.5, 0.6) is 5.88 Å². The van der Waals surface area contributed by atoms with E-state index in [1.165, 1.54) is 36.6 Å². The van der Waals surface area contributed by atoms with E-state index in [0.29, 0.717) is 45.7 Å². The molecule has 1 fully saturated rings. The molecule has 34 heavy (non-hydrogen) atoms. The Morgan fingerprint density at radius 1 is 1.15 bits per heavy atom. The maximum Gasteiger partial charge on any atom is 0.330 e. The van der Waals surface area contributed by atoms with Crippen molar-refractivity contribution in [2.75, 3.05) is 26.2 Å². The number of fused-ring (bicyclic) bond motifs is 3. The lowest BCUT2D eigenvalue weighted by Gasteiger charge is -2.14. The Morgan fingerprint density at radius 2 is 1.94 bits per heavy atom. The van der Waals surface area contributed by atoms with E-state index >= 15 is 4.39 Å². The lowest BCUT2D eigenvalue weighted by atomic mass is 10.0. The first-order valence-electron chi connectivity index (χ1n) is 11.8. The van der Waals surface area contributed by atoms with Crippen LogP contribution in [-0.2, 0) is 7.05 Å². The van der Waals surface area contributed by atoms with Gasteiger partial charge in [-0.25, -0.2) is 14.2 Å². The second-order valence-corrected chi connectivity index (χ2v) is 9.16. The maximum absolute atomic E-state index is 15.0. The fourth-order valence-electron chi connectivity index (χ4n) is 4.71. The van der Waals surface area contributed by atoms with Crippen molar-refractivity contribution in [3.05, 3.63) is 46.8 Å². The Labute approximate surface area is 197 Å². The van der Waals surface area contributed by atoms with Gasteiger partial charge in [0.2, 0.25) is 5.88 Å². The summed E-state index contributed by atoms with van der Waals surface area (Å²) >= 11 is 0. The number of likely N-dealkylation sites (tertiary alicyclic amines) is 1. The summed E-state index contributed by atoms with van der Waals surface area (Å²) in [7, 11) is 1.67. The molecule has 0 bridgehead atoms. The van der Waals surface area contributed by atoms with Crippen LogP contribution in [0, 0.1) is 5.82 Å². The molecular weight excluding hydrogens is 435 g/mol. The highest BCUT2D eigenvalue weighted by molar-refractivity contribution is 6.02. The Bertz CT molecular complexity index is 1390. The van der Waals surface area contributed by atoms with Gasteiger partial charge in [-0.15, -0.1) is 10.2 Å². The summed E-state index contributed by atoms with van der Waals surface area (Å²) < 4.78 is 24.0. The molecule has 0 N–H and O–H groups in total. The van der Waals surface area contributed by atoms with Crippen molar-refractivity contribution >= 4 is 22.1 Å². The molecule has 1 aromatic carbocycles. The van der Waals surface area contributed by atoms with Crippen LogP contribution in [0.3, 0.4) is 0 Å². The van der Waals surface area contributed by atoms with Gasteiger partial charge in [-0.1, -0.05) is 0 Å². The summed E-state index contributed by atoms with van der Waals surface area (Å²) in [4.78, 5) is 19.6. The van der Waals surface area contributed by atoms with Crippen molar-refractivity contribution < 1.29 is 9.13 Å². The van der Waals surface area contributed by atoms with Gasteiger partial charge in [-0.3, -0.25) is 9.13 Å². The molecule has 0 radical (unpaired) electrons. The van der Waals surface area contributed by atoms with Crippen molar-refractivity contribution in [3.8, 4) is 17.0 Å². The summed E-state index contributed by atoms with van der Waals surface area (Å²) in [5.74, 6) is 0.105. The fourth-order valence-corrected chi connectivity index (χ4v) is 4.71. The summed E-state index contributed by atoms with van der Waals surface area (Å²) in [5, 5.41) is 9.02. The second-order valence-electron chi connectivity index (χ2n) is 9.16. The smallest absolute Gasteiger partial charge is 0.330 e. The molecule has 0 spiro atoms. The number of ether oxygens (including phenoxy) is 1. The first kappa shape index (κ1) is 22.5. The average molecular weight is 465 g/mol. The zero-order valence-corrected chi connectivity index (χ0v) is 19.8. The van der Waals surface area contributed by atoms with Gasteiger partial charge in [-0.2, -0.15) is 0 Å². The number of halogens is 1. The largest absolute Gasteiger partial charge is 0.478 e. The molecule has 8 nitrogen and oxygen atoms in total. The van der Waals surface area contributed by atoms with Crippen LogP contribution in [0.1, 0.15) is 39.2 Å². The van der Waals surface area contributed by atoms with Gasteiger partial charge < -0.3 is 9.64 Å². The molecule has 0 unspecified atom stereocenters. The molecule has 4 aromatic rings. The number of hydrogen-bond donors (Lipinski definition) is 0. The Hall–Kier alpha value is -3.33. The SMILES string of the molecule is CC(C)n1c(=O)n(C)c2nnc3cc(F)c(-c4ccc(OCCCN5CCCC5)nc4)cc3c21. The molecule has 0 atom stereocenters. The molecule has 5 rings (SSSR count). The minimum absolute atomic E-state index is 0.0827. The molecule has 3 aromatic heterocycles. The number of hydrogen-bond acceptors (Lipinski definition) is 6. The predicted octanol–water partition coefficient (Wildman–Crippen LogP) is 3.93. The van der Waals surface area contributed by atoms with Gasteiger partial charge in [0.15, 0.2) is 5.65 Å². The molecule has 1 aliphatic rings. The number of aromatic nitrogens is 5. The molecule has 178 valence electrons. The molecule has 1 aliphatic heterocycles. The van der Waals surface area contributed by atoms with E-state index in [-0.39, 0.29) is 11.7 Å². The zero-order chi connectivity index (χ0) is 23.8. The number of pyridine rings is 1. The van der Waals surface area contributed by atoms with Gasteiger partial charge in [0, 0.05) is 54.5 Å². The Balaban J connectivity index is 1.44. The van der Waals surface area contributed by atoms with Crippen LogP contribution < -0.4 is 10.4 Å². The van der Waals surface area contributed by atoms with E-state index in [9.17, 15) is 4.79 Å². The maximum atomic E-state index is 15.0. The normalized spacial score (nSPS) is 14.6. The third-order valence-electron chi connectivity index (χ3n) is 6.49. The monoisotopic (exact) mass is 464 g/mol. The van der Waals surface area contributed by atoms with Crippen LogP contribution in [-0.4, -0.2) is 55.5 Å². The van der Waals surface area contributed by atoms with Gasteiger partial charge in [-0.05, 0) is 58.3 Å². The number of rotatable bonds is 7. The topological polar surface area (TPSA) is 78.1 Å². The molecule has 0 aliphatic carbocycles. The van der Waals surface area contributed by atoms with Crippen LogP contribution in [0.2, 0.25) is 0 Å². The molecule has 0 saturated carbocycles. The summed E-state index contributed by atoms with van der Waals surface area (Å²) in [6, 6.07) is 6.58. The minimum atomic E-state index is -0.420. The lowest BCUT2D eigenvalue weighted by molar-refractivity contribution is 0.257. The Kier molecular flexibility index (Phi) is 6.03. The van der Waals surface area contributed by atoms with E-state index < -0.39 is 5.82 Å². The average Bonchev–Trinajstić information content (AvgIpc) is 3.43. The first-order chi connectivity index (χ1) is 16.4. The number of benzene rings is 1. The van der Waals surface area contributed by atoms with Crippen LogP contribution in [0.4, 0.5) is 4.39 Å². The summed E-state index contributed by atoms with van der Waals surface area (Å²) in [5.41, 5.74) is 2.37. The van der Waals surface area contributed by atoms with Crippen LogP contribution >= 0.6 is 0 Å². The van der Waals surface area contributed by atoms with Crippen LogP contribution in [0.15, 0.2) is 35.3 Å². The van der Waals surface area contributed by atoms with E-state index in [1.807, 2.05) is 13.8 Å². The lowest BCUT2D eigenvalue weighted by Crippen LogP contribution is -2.23. The molecule has 0 amide bonds. The van der Waals surface area contributed by atoms with Crippen LogP contribution in [0.25, 0.3) is 33.2 Å². The highest BCUT2D eigenvalue weighted by atomic mass is 19.1. The van der Waals surface area contributed by atoms with Crippen molar-refractivity contribution in [2.45, 2.75) is 39.2 Å². The Morgan fingerprint density at radius 3 is 2.65 bits per heavy atom. The van der Waals surface area contributed by atoms with Crippen molar-refractivity contribution in [2.24, 2.45) is 7.05 Å². The van der Waals surface area contributed by atoms with Gasteiger partial charge in [0.25, 0.3) is 0 Å². The fraction of sp³-hybridized carbons (Fsp3) is 0.440. The standard InChI is InChI=1S/C25H29FN6O2/c1-16(2)32-23-19-13-18(20(26)14-21(19)28-29-24(23)30(3)25(32)33)17-7-8-22(27-15-17)34-12-6-11-31-9-4-5-10-31/h7-8,13-16H,4-6,9-12H2,1-3H3. The first-order valence-corrected chi connectivity index (χ1v) is 11.8. The minimum Gasteiger partial charge on any atom is -0.478 e. The zero-order valence-electron chi connectivity index (χ0n) is 19.8. The molecule has 1 saturated heterocycles. The highest BCUT2D eigenvalue weighted by Gasteiger charge is 2.20. The number of aryl methyl sites for hydroxylation is 1. The second kappa shape index (κ2) is 9.13. The van der Waals surface area contributed by atoms with Crippen molar-refractivity contribution in [1.82, 2.24) is 29.2 Å². The van der Waals surface area contributed by atoms with E-state index in [2.05, 4.69) is 20.1 Å². The van der Waals surface area contributed by atoms with Gasteiger partial charge in [0.1, 0.15) is 11.3 Å². The molecular formula is C25H29FN6O2. The molecule has 4 heterocycles. The quantitative estimate of drug-likeness (QED) is 0.386. The summed E-state index contributed by atoms with van der Waals surface area (Å²) in [6.45, 7) is 7.87.